The number of fused-ring (bicyclic) bond motifs is 1. The van der Waals surface area contributed by atoms with Gasteiger partial charge in [0.25, 0.3) is 0 Å². The maximum Gasteiger partial charge on any atom is 0.339 e. The Morgan fingerprint density at radius 3 is 2.65 bits per heavy atom. The predicted octanol–water partition coefficient (Wildman–Crippen LogP) is 4.96. The van der Waals surface area contributed by atoms with E-state index in [1.165, 1.54) is 5.57 Å². The van der Waals surface area contributed by atoms with Crippen molar-refractivity contribution in [2.45, 2.75) is 46.1 Å². The first-order valence-electron chi connectivity index (χ1n) is 7.46. The van der Waals surface area contributed by atoms with Gasteiger partial charge in [-0.15, -0.1) is 0 Å². The molecule has 124 valence electrons. The summed E-state index contributed by atoms with van der Waals surface area (Å²) in [6.45, 7) is 7.59. The molecule has 1 aromatic carbocycles. The second kappa shape index (κ2) is 6.28. The largest absolute Gasteiger partial charge is 0.506 e. The van der Waals surface area contributed by atoms with Crippen LogP contribution in [0.25, 0.3) is 6.08 Å². The maximum atomic E-state index is 11.3. The molecule has 2 N–H and O–H groups in total. The highest BCUT2D eigenvalue weighted by Crippen LogP contribution is 2.46. The summed E-state index contributed by atoms with van der Waals surface area (Å²) in [7, 11) is 0. The van der Waals surface area contributed by atoms with Gasteiger partial charge in [0.2, 0.25) is 0 Å². The van der Waals surface area contributed by atoms with Crippen molar-refractivity contribution < 1.29 is 19.7 Å². The van der Waals surface area contributed by atoms with Crippen LogP contribution in [0.2, 0.25) is 5.02 Å². The first-order valence-corrected chi connectivity index (χ1v) is 7.84. The molecule has 2 rings (SSSR count). The summed E-state index contributed by atoms with van der Waals surface area (Å²) < 4.78 is 6.03. The minimum atomic E-state index is -1.21. The number of benzene rings is 1. The summed E-state index contributed by atoms with van der Waals surface area (Å²) in [5.41, 5.74) is 1.13. The Morgan fingerprint density at radius 2 is 2.09 bits per heavy atom. The summed E-state index contributed by atoms with van der Waals surface area (Å²) >= 11 is 6.30. The molecule has 0 spiro atoms. The summed E-state index contributed by atoms with van der Waals surface area (Å²) in [6.07, 6.45) is 7.27. The third kappa shape index (κ3) is 3.37. The van der Waals surface area contributed by atoms with E-state index in [9.17, 15) is 15.0 Å². The Hall–Kier alpha value is -1.94. The normalized spacial score (nSPS) is 19.0. The molecule has 0 fully saturated rings. The minimum Gasteiger partial charge on any atom is -0.506 e. The number of aromatic hydroxyl groups is 1. The maximum absolute atomic E-state index is 11.3. The number of phenols is 1. The number of ether oxygens (including phenoxy) is 1. The highest BCUT2D eigenvalue weighted by molar-refractivity contribution is 6.33. The molecule has 0 aromatic heterocycles. The molecule has 0 radical (unpaired) electrons. The van der Waals surface area contributed by atoms with Crippen LogP contribution in [-0.2, 0) is 0 Å². The van der Waals surface area contributed by atoms with Crippen LogP contribution >= 0.6 is 11.6 Å². The molecule has 4 nitrogen and oxygen atoms in total. The van der Waals surface area contributed by atoms with Gasteiger partial charge in [-0.05, 0) is 58.3 Å². The molecule has 1 atom stereocenters. The first-order chi connectivity index (χ1) is 10.7. The van der Waals surface area contributed by atoms with Crippen LogP contribution in [-0.4, -0.2) is 21.8 Å². The third-order valence-electron chi connectivity index (χ3n) is 3.99. The van der Waals surface area contributed by atoms with E-state index in [1.807, 2.05) is 26.8 Å². The van der Waals surface area contributed by atoms with Gasteiger partial charge in [0, 0.05) is 0 Å². The van der Waals surface area contributed by atoms with E-state index >= 15 is 0 Å². The average molecular weight is 337 g/mol. The Kier molecular flexibility index (Phi) is 4.76. The number of carboxylic acid groups (broad SMARTS) is 1. The zero-order valence-electron chi connectivity index (χ0n) is 13.7. The Balaban J connectivity index is 2.43. The van der Waals surface area contributed by atoms with Gasteiger partial charge < -0.3 is 14.9 Å². The fourth-order valence-corrected chi connectivity index (χ4v) is 2.88. The van der Waals surface area contributed by atoms with Crippen molar-refractivity contribution in [3.8, 4) is 11.5 Å². The summed E-state index contributed by atoms with van der Waals surface area (Å²) in [6, 6.07) is 0. The summed E-state index contributed by atoms with van der Waals surface area (Å²) in [5, 5.41) is 19.7. The molecule has 1 aliphatic rings. The monoisotopic (exact) mass is 336 g/mol. The smallest absolute Gasteiger partial charge is 0.339 e. The Bertz CT molecular complexity index is 714. The van der Waals surface area contributed by atoms with Crippen molar-refractivity contribution in [2.24, 2.45) is 0 Å². The highest BCUT2D eigenvalue weighted by atomic mass is 35.5. The van der Waals surface area contributed by atoms with Crippen LogP contribution in [0.5, 0.6) is 11.5 Å². The summed E-state index contributed by atoms with van der Waals surface area (Å²) in [5.74, 6) is -1.18. The van der Waals surface area contributed by atoms with E-state index in [-0.39, 0.29) is 16.3 Å². The van der Waals surface area contributed by atoms with Gasteiger partial charge in [-0.1, -0.05) is 23.3 Å². The standard InChI is InChI=1S/C18H21ClO4/c1-10(2)6-5-8-18(4)9-7-12-15(20)13(17(21)22)11(3)14(19)16(12)23-18/h6-7,9,20H,5,8H2,1-4H3,(H,21,22)/t18-/m1/s1. The molecule has 1 aliphatic heterocycles. The van der Waals surface area contributed by atoms with Gasteiger partial charge in [0.1, 0.15) is 22.7 Å². The third-order valence-corrected chi connectivity index (χ3v) is 4.44. The molecule has 0 aliphatic carbocycles. The fourth-order valence-electron chi connectivity index (χ4n) is 2.64. The van der Waals surface area contributed by atoms with Crippen molar-refractivity contribution >= 4 is 23.6 Å². The van der Waals surface area contributed by atoms with Crippen molar-refractivity contribution in [1.82, 2.24) is 0 Å². The lowest BCUT2D eigenvalue weighted by Gasteiger charge is -2.33. The van der Waals surface area contributed by atoms with Gasteiger partial charge >= 0.3 is 5.97 Å². The first kappa shape index (κ1) is 17.4. The summed E-state index contributed by atoms with van der Waals surface area (Å²) in [4.78, 5) is 11.3. The van der Waals surface area contributed by atoms with E-state index in [0.29, 0.717) is 16.9 Å². The highest BCUT2D eigenvalue weighted by Gasteiger charge is 2.33. The molecule has 0 bridgehead atoms. The van der Waals surface area contributed by atoms with E-state index < -0.39 is 11.6 Å². The van der Waals surface area contributed by atoms with Gasteiger partial charge in [-0.25, -0.2) is 4.79 Å². The minimum absolute atomic E-state index is 0.185. The fraction of sp³-hybridized carbons (Fsp3) is 0.389. The van der Waals surface area contributed by atoms with Gasteiger partial charge in [0.15, 0.2) is 0 Å². The van der Waals surface area contributed by atoms with Crippen LogP contribution < -0.4 is 4.74 Å². The number of hydrogen-bond acceptors (Lipinski definition) is 3. The van der Waals surface area contributed by atoms with Gasteiger partial charge in [0.05, 0.1) is 10.6 Å². The zero-order chi connectivity index (χ0) is 17.4. The van der Waals surface area contributed by atoms with Gasteiger partial charge in [-0.2, -0.15) is 0 Å². The molecule has 0 amide bonds. The number of hydrogen-bond donors (Lipinski definition) is 2. The number of halogens is 1. The van der Waals surface area contributed by atoms with Crippen LogP contribution in [0.4, 0.5) is 0 Å². The number of aromatic carboxylic acids is 1. The molecular weight excluding hydrogens is 316 g/mol. The molecule has 0 saturated carbocycles. The van der Waals surface area contributed by atoms with Crippen LogP contribution in [0.3, 0.4) is 0 Å². The van der Waals surface area contributed by atoms with E-state index in [1.54, 1.807) is 13.0 Å². The van der Waals surface area contributed by atoms with E-state index in [0.717, 1.165) is 12.8 Å². The second-order valence-electron chi connectivity index (χ2n) is 6.28. The predicted molar refractivity (Wildman–Crippen MR) is 91.5 cm³/mol. The Morgan fingerprint density at radius 1 is 1.43 bits per heavy atom. The molecule has 0 unspecified atom stereocenters. The van der Waals surface area contributed by atoms with E-state index in [4.69, 9.17) is 16.3 Å². The lowest BCUT2D eigenvalue weighted by molar-refractivity contribution is 0.0692. The molecule has 1 heterocycles. The molecular formula is C18H21ClO4. The van der Waals surface area contributed by atoms with Gasteiger partial charge in [-0.3, -0.25) is 0 Å². The van der Waals surface area contributed by atoms with Crippen molar-refractivity contribution in [2.75, 3.05) is 0 Å². The van der Waals surface area contributed by atoms with Crippen molar-refractivity contribution in [1.29, 1.82) is 0 Å². The number of carbonyl (C=O) groups is 1. The Labute approximate surface area is 141 Å². The topological polar surface area (TPSA) is 66.8 Å². The average Bonchev–Trinajstić information content (AvgIpc) is 2.44. The van der Waals surface area contributed by atoms with Crippen LogP contribution in [0.15, 0.2) is 17.7 Å². The van der Waals surface area contributed by atoms with E-state index in [2.05, 4.69) is 6.08 Å². The van der Waals surface area contributed by atoms with Crippen LogP contribution in [0, 0.1) is 6.92 Å². The van der Waals surface area contributed by atoms with Crippen molar-refractivity contribution in [3.05, 3.63) is 39.4 Å². The molecule has 0 saturated heterocycles. The second-order valence-corrected chi connectivity index (χ2v) is 6.66. The SMILES string of the molecule is CC(C)=CCC[C@]1(C)C=Cc2c(O)c(C(=O)O)c(C)c(Cl)c2O1. The van der Waals surface area contributed by atoms with Crippen molar-refractivity contribution in [3.63, 3.8) is 0 Å². The quantitative estimate of drug-likeness (QED) is 0.762. The number of allylic oxidation sites excluding steroid dienone is 2. The lowest BCUT2D eigenvalue weighted by Crippen LogP contribution is -2.32. The molecule has 1 aromatic rings. The number of rotatable bonds is 4. The number of carboxylic acids is 1. The van der Waals surface area contributed by atoms with Crippen LogP contribution in [0.1, 0.15) is 55.1 Å². The molecule has 5 heteroatoms. The lowest BCUT2D eigenvalue weighted by atomic mass is 9.92. The molecule has 23 heavy (non-hydrogen) atoms. The zero-order valence-corrected chi connectivity index (χ0v) is 14.5.